The standard InChI is InChI=1S/C19H14ClN3O2S/c20-14-6-5-7-15(12-14)26(24,25)22-17-9-2-1-8-16(17)18-13-23-11-4-3-10-19(23)21-18/h1-13,22H. The topological polar surface area (TPSA) is 63.5 Å². The summed E-state index contributed by atoms with van der Waals surface area (Å²) in [5.74, 6) is 0. The van der Waals surface area contributed by atoms with E-state index in [1.54, 1.807) is 24.3 Å². The van der Waals surface area contributed by atoms with Gasteiger partial charge in [-0.25, -0.2) is 13.4 Å². The monoisotopic (exact) mass is 383 g/mol. The Labute approximate surface area is 155 Å². The molecule has 130 valence electrons. The first-order chi connectivity index (χ1) is 12.5. The average Bonchev–Trinajstić information content (AvgIpc) is 3.06. The number of halogens is 1. The van der Waals surface area contributed by atoms with Crippen molar-refractivity contribution in [1.82, 2.24) is 9.38 Å². The van der Waals surface area contributed by atoms with Gasteiger partial charge in [0.25, 0.3) is 10.0 Å². The summed E-state index contributed by atoms with van der Waals surface area (Å²) >= 11 is 5.92. The number of sulfonamides is 1. The summed E-state index contributed by atoms with van der Waals surface area (Å²) in [5.41, 5.74) is 2.62. The summed E-state index contributed by atoms with van der Waals surface area (Å²) in [6.07, 6.45) is 3.76. The van der Waals surface area contributed by atoms with Crippen molar-refractivity contribution in [3.63, 3.8) is 0 Å². The van der Waals surface area contributed by atoms with Gasteiger partial charge in [0.1, 0.15) is 5.65 Å². The Kier molecular flexibility index (Phi) is 4.14. The Bertz CT molecular complexity index is 1170. The number of benzene rings is 2. The van der Waals surface area contributed by atoms with Crippen LogP contribution in [0.1, 0.15) is 0 Å². The van der Waals surface area contributed by atoms with Crippen LogP contribution in [0.2, 0.25) is 5.02 Å². The Morgan fingerprint density at radius 1 is 0.962 bits per heavy atom. The smallest absolute Gasteiger partial charge is 0.261 e. The second-order valence-corrected chi connectivity index (χ2v) is 7.82. The lowest BCUT2D eigenvalue weighted by molar-refractivity contribution is 0.601. The molecule has 0 saturated carbocycles. The van der Waals surface area contributed by atoms with Gasteiger partial charge in [0.2, 0.25) is 0 Å². The average molecular weight is 384 g/mol. The zero-order chi connectivity index (χ0) is 18.1. The van der Waals surface area contributed by atoms with E-state index in [4.69, 9.17) is 11.6 Å². The molecule has 0 radical (unpaired) electrons. The molecule has 1 N–H and O–H groups in total. The fourth-order valence-electron chi connectivity index (χ4n) is 2.70. The van der Waals surface area contributed by atoms with Crippen LogP contribution in [0.25, 0.3) is 16.9 Å². The van der Waals surface area contributed by atoms with E-state index in [1.807, 2.05) is 47.1 Å². The van der Waals surface area contributed by atoms with Gasteiger partial charge in [0, 0.05) is 23.0 Å². The van der Waals surface area contributed by atoms with Gasteiger partial charge < -0.3 is 4.40 Å². The van der Waals surface area contributed by atoms with Gasteiger partial charge in [0.15, 0.2) is 0 Å². The number of fused-ring (bicyclic) bond motifs is 1. The molecule has 0 saturated heterocycles. The first-order valence-corrected chi connectivity index (χ1v) is 9.70. The summed E-state index contributed by atoms with van der Waals surface area (Å²) in [5, 5.41) is 0.363. The summed E-state index contributed by atoms with van der Waals surface area (Å²) in [7, 11) is -3.77. The molecule has 0 spiro atoms. The van der Waals surface area contributed by atoms with Crippen molar-refractivity contribution >= 4 is 33.0 Å². The molecule has 26 heavy (non-hydrogen) atoms. The van der Waals surface area contributed by atoms with Crippen LogP contribution >= 0.6 is 11.6 Å². The molecule has 0 amide bonds. The van der Waals surface area contributed by atoms with Crippen LogP contribution in [0.3, 0.4) is 0 Å². The minimum atomic E-state index is -3.77. The van der Waals surface area contributed by atoms with Crippen molar-refractivity contribution in [3.05, 3.63) is 84.1 Å². The largest absolute Gasteiger partial charge is 0.306 e. The molecular weight excluding hydrogens is 370 g/mol. The highest BCUT2D eigenvalue weighted by atomic mass is 35.5. The van der Waals surface area contributed by atoms with Crippen LogP contribution in [-0.2, 0) is 10.0 Å². The van der Waals surface area contributed by atoms with Crippen molar-refractivity contribution < 1.29 is 8.42 Å². The maximum Gasteiger partial charge on any atom is 0.261 e. The summed E-state index contributed by atoms with van der Waals surface area (Å²) in [4.78, 5) is 4.67. The van der Waals surface area contributed by atoms with Crippen LogP contribution in [0.5, 0.6) is 0 Å². The van der Waals surface area contributed by atoms with Crippen molar-refractivity contribution in [2.75, 3.05) is 4.72 Å². The van der Waals surface area contributed by atoms with E-state index < -0.39 is 10.0 Å². The predicted molar refractivity (Wildman–Crippen MR) is 103 cm³/mol. The third-order valence-electron chi connectivity index (χ3n) is 3.92. The van der Waals surface area contributed by atoms with Gasteiger partial charge >= 0.3 is 0 Å². The zero-order valence-electron chi connectivity index (χ0n) is 13.5. The van der Waals surface area contributed by atoms with Gasteiger partial charge in [-0.3, -0.25) is 4.72 Å². The van der Waals surface area contributed by atoms with E-state index in [9.17, 15) is 8.42 Å². The first-order valence-electron chi connectivity index (χ1n) is 7.84. The molecule has 0 aliphatic rings. The van der Waals surface area contributed by atoms with E-state index >= 15 is 0 Å². The number of hydrogen-bond donors (Lipinski definition) is 1. The number of nitrogens with zero attached hydrogens (tertiary/aromatic N) is 2. The lowest BCUT2D eigenvalue weighted by atomic mass is 10.1. The Hall–Kier alpha value is -2.83. The van der Waals surface area contributed by atoms with Crippen LogP contribution in [0.15, 0.2) is 84.0 Å². The molecule has 7 heteroatoms. The maximum atomic E-state index is 12.7. The number of pyridine rings is 1. The number of hydrogen-bond acceptors (Lipinski definition) is 3. The summed E-state index contributed by atoms with van der Waals surface area (Å²) in [6.45, 7) is 0. The molecule has 0 aliphatic carbocycles. The molecule has 0 bridgehead atoms. The number of nitrogens with one attached hydrogen (secondary N) is 1. The minimum absolute atomic E-state index is 0.106. The molecule has 2 aromatic carbocycles. The van der Waals surface area contributed by atoms with Crippen LogP contribution in [0, 0.1) is 0 Å². The number of rotatable bonds is 4. The highest BCUT2D eigenvalue weighted by Crippen LogP contribution is 2.29. The SMILES string of the molecule is O=S(=O)(Nc1ccccc1-c1cn2ccccc2n1)c1cccc(Cl)c1. The zero-order valence-corrected chi connectivity index (χ0v) is 15.1. The molecule has 4 aromatic rings. The molecule has 0 aliphatic heterocycles. The Morgan fingerprint density at radius 2 is 1.77 bits per heavy atom. The van der Waals surface area contributed by atoms with Crippen molar-refractivity contribution in [2.24, 2.45) is 0 Å². The van der Waals surface area contributed by atoms with Crippen molar-refractivity contribution in [1.29, 1.82) is 0 Å². The summed E-state index contributed by atoms with van der Waals surface area (Å²) in [6, 6.07) is 19.0. The fourth-order valence-corrected chi connectivity index (χ4v) is 4.08. The fraction of sp³-hybridized carbons (Fsp3) is 0. The molecule has 2 aromatic heterocycles. The van der Waals surface area contributed by atoms with E-state index in [0.29, 0.717) is 22.0 Å². The van der Waals surface area contributed by atoms with Gasteiger partial charge in [-0.15, -0.1) is 0 Å². The maximum absolute atomic E-state index is 12.7. The van der Waals surface area contributed by atoms with E-state index in [2.05, 4.69) is 9.71 Å². The molecule has 0 unspecified atom stereocenters. The normalized spacial score (nSPS) is 11.6. The lowest BCUT2D eigenvalue weighted by Crippen LogP contribution is -2.13. The second kappa shape index (κ2) is 6.48. The van der Waals surface area contributed by atoms with Crippen molar-refractivity contribution in [2.45, 2.75) is 4.90 Å². The van der Waals surface area contributed by atoms with Gasteiger partial charge in [-0.2, -0.15) is 0 Å². The minimum Gasteiger partial charge on any atom is -0.306 e. The van der Waals surface area contributed by atoms with Gasteiger partial charge in [-0.1, -0.05) is 41.9 Å². The number of para-hydroxylation sites is 1. The van der Waals surface area contributed by atoms with Crippen molar-refractivity contribution in [3.8, 4) is 11.3 Å². The highest BCUT2D eigenvalue weighted by Gasteiger charge is 2.17. The molecule has 2 heterocycles. The third kappa shape index (κ3) is 3.16. The van der Waals surface area contributed by atoms with E-state index in [0.717, 1.165) is 5.65 Å². The molecule has 4 rings (SSSR count). The quantitative estimate of drug-likeness (QED) is 0.566. The third-order valence-corrected chi connectivity index (χ3v) is 5.52. The van der Waals surface area contributed by atoms with Crippen LogP contribution < -0.4 is 4.72 Å². The van der Waals surface area contributed by atoms with Gasteiger partial charge in [0.05, 0.1) is 16.3 Å². The van der Waals surface area contributed by atoms with Gasteiger partial charge in [-0.05, 0) is 36.4 Å². The van der Waals surface area contributed by atoms with Crippen LogP contribution in [0.4, 0.5) is 5.69 Å². The number of anilines is 1. The molecule has 5 nitrogen and oxygen atoms in total. The highest BCUT2D eigenvalue weighted by molar-refractivity contribution is 7.92. The lowest BCUT2D eigenvalue weighted by Gasteiger charge is -2.11. The van der Waals surface area contributed by atoms with E-state index in [1.165, 1.54) is 12.1 Å². The number of imidazole rings is 1. The second-order valence-electron chi connectivity index (χ2n) is 5.70. The Balaban J connectivity index is 1.76. The van der Waals surface area contributed by atoms with E-state index in [-0.39, 0.29) is 4.90 Å². The predicted octanol–water partition coefficient (Wildman–Crippen LogP) is 4.46. The summed E-state index contributed by atoms with van der Waals surface area (Å²) < 4.78 is 30.0. The first kappa shape index (κ1) is 16.6. The van der Waals surface area contributed by atoms with Crippen LogP contribution in [-0.4, -0.2) is 17.8 Å². The Morgan fingerprint density at radius 3 is 2.58 bits per heavy atom. The number of aromatic nitrogens is 2. The molecule has 0 atom stereocenters. The molecular formula is C19H14ClN3O2S. The molecule has 0 fully saturated rings.